The monoisotopic (exact) mass is 214 g/mol. The lowest BCUT2D eigenvalue weighted by molar-refractivity contribution is -0.141. The molecule has 1 unspecified atom stereocenters. The number of benzene rings is 1. The average Bonchev–Trinajstić information content (AvgIpc) is 3.11. The van der Waals surface area contributed by atoms with Gasteiger partial charge in [0.25, 0.3) is 0 Å². The minimum absolute atomic E-state index is 0.0572. The van der Waals surface area contributed by atoms with Crippen molar-refractivity contribution in [1.29, 1.82) is 0 Å². The molecule has 1 aliphatic carbocycles. The lowest BCUT2D eigenvalue weighted by Gasteiger charge is -2.01. The van der Waals surface area contributed by atoms with Gasteiger partial charge in [-0.25, -0.2) is 0 Å². The Kier molecular flexibility index (Phi) is 2.91. The Morgan fingerprint density at radius 3 is 2.69 bits per heavy atom. The van der Waals surface area contributed by atoms with Crippen LogP contribution >= 0.6 is 0 Å². The third-order valence-corrected chi connectivity index (χ3v) is 2.81. The lowest BCUT2D eigenvalue weighted by atomic mass is 10.0. The summed E-state index contributed by atoms with van der Waals surface area (Å²) in [6.45, 7) is 3.81. The molecular formula is C14H14O2. The van der Waals surface area contributed by atoms with E-state index in [0.29, 0.717) is 0 Å². The SMILES string of the molecule is C=C/C(=C1/CC1C(=O)OC)c1ccccc1. The lowest BCUT2D eigenvalue weighted by Crippen LogP contribution is -2.02. The Balaban J connectivity index is 2.29. The van der Waals surface area contributed by atoms with Crippen LogP contribution in [0.5, 0.6) is 0 Å². The van der Waals surface area contributed by atoms with Crippen LogP contribution in [0.3, 0.4) is 0 Å². The minimum atomic E-state index is -0.148. The summed E-state index contributed by atoms with van der Waals surface area (Å²) in [7, 11) is 1.42. The van der Waals surface area contributed by atoms with Gasteiger partial charge in [0.05, 0.1) is 13.0 Å². The van der Waals surface area contributed by atoms with Crippen LogP contribution in [0.25, 0.3) is 5.57 Å². The van der Waals surface area contributed by atoms with Gasteiger partial charge in [-0.2, -0.15) is 0 Å². The van der Waals surface area contributed by atoms with E-state index in [-0.39, 0.29) is 11.9 Å². The van der Waals surface area contributed by atoms with Gasteiger partial charge >= 0.3 is 5.97 Å². The zero-order valence-corrected chi connectivity index (χ0v) is 9.27. The second-order valence-electron chi connectivity index (χ2n) is 3.79. The summed E-state index contributed by atoms with van der Waals surface area (Å²) in [5, 5.41) is 0. The number of rotatable bonds is 3. The molecule has 1 aromatic carbocycles. The van der Waals surface area contributed by atoms with Gasteiger partial charge in [-0.1, -0.05) is 43.0 Å². The maximum atomic E-state index is 11.3. The zero-order chi connectivity index (χ0) is 11.5. The molecule has 0 radical (unpaired) electrons. The van der Waals surface area contributed by atoms with Crippen LogP contribution in [0, 0.1) is 5.92 Å². The maximum absolute atomic E-state index is 11.3. The highest BCUT2D eigenvalue weighted by Crippen LogP contribution is 2.44. The second kappa shape index (κ2) is 4.35. The van der Waals surface area contributed by atoms with Crippen LogP contribution in [0.15, 0.2) is 48.6 Å². The molecular weight excluding hydrogens is 200 g/mol. The van der Waals surface area contributed by atoms with E-state index in [9.17, 15) is 4.79 Å². The summed E-state index contributed by atoms with van der Waals surface area (Å²) in [6.07, 6.45) is 2.61. The molecule has 0 amide bonds. The molecule has 82 valence electrons. The first-order valence-electron chi connectivity index (χ1n) is 5.26. The molecule has 1 atom stereocenters. The topological polar surface area (TPSA) is 26.3 Å². The van der Waals surface area contributed by atoms with Crippen molar-refractivity contribution in [2.45, 2.75) is 6.42 Å². The summed E-state index contributed by atoms with van der Waals surface area (Å²) in [4.78, 5) is 11.3. The van der Waals surface area contributed by atoms with Crippen molar-refractivity contribution in [2.75, 3.05) is 7.11 Å². The summed E-state index contributed by atoms with van der Waals surface area (Å²) in [5.74, 6) is -0.205. The van der Waals surface area contributed by atoms with E-state index in [1.165, 1.54) is 7.11 Å². The quantitative estimate of drug-likeness (QED) is 0.723. The molecule has 1 aromatic rings. The Hall–Kier alpha value is -1.83. The predicted molar refractivity (Wildman–Crippen MR) is 63.7 cm³/mol. The zero-order valence-electron chi connectivity index (χ0n) is 9.27. The van der Waals surface area contributed by atoms with Gasteiger partial charge < -0.3 is 4.74 Å². The number of carbonyl (C=O) groups excluding carboxylic acids is 1. The van der Waals surface area contributed by atoms with E-state index >= 15 is 0 Å². The van der Waals surface area contributed by atoms with Crippen LogP contribution in [0.4, 0.5) is 0 Å². The number of ether oxygens (including phenoxy) is 1. The Labute approximate surface area is 95.2 Å². The van der Waals surface area contributed by atoms with Crippen molar-refractivity contribution in [2.24, 2.45) is 5.92 Å². The van der Waals surface area contributed by atoms with Gasteiger partial charge in [0.2, 0.25) is 0 Å². The highest BCUT2D eigenvalue weighted by molar-refractivity contribution is 5.89. The molecule has 1 fully saturated rings. The standard InChI is InChI=1S/C14H14O2/c1-3-11(10-7-5-4-6-8-10)12-9-13(12)14(15)16-2/h3-8,13H,1,9H2,2H3/b12-11+. The van der Waals surface area contributed by atoms with Gasteiger partial charge in [0.15, 0.2) is 0 Å². The Morgan fingerprint density at radius 1 is 1.44 bits per heavy atom. The molecule has 0 saturated heterocycles. The number of carbonyl (C=O) groups is 1. The molecule has 16 heavy (non-hydrogen) atoms. The largest absolute Gasteiger partial charge is 0.469 e. The number of methoxy groups -OCH3 is 1. The summed E-state index contributed by atoms with van der Waals surface area (Å²) >= 11 is 0. The predicted octanol–water partition coefficient (Wildman–Crippen LogP) is 2.82. The molecule has 0 heterocycles. The molecule has 0 spiro atoms. The van der Waals surface area contributed by atoms with Gasteiger partial charge in [-0.05, 0) is 23.1 Å². The summed E-state index contributed by atoms with van der Waals surface area (Å²) < 4.78 is 4.73. The molecule has 1 aliphatic rings. The third-order valence-electron chi connectivity index (χ3n) is 2.81. The number of hydrogen-bond donors (Lipinski definition) is 0. The van der Waals surface area contributed by atoms with Gasteiger partial charge in [-0.15, -0.1) is 0 Å². The van der Waals surface area contributed by atoms with Crippen LogP contribution in [-0.2, 0) is 9.53 Å². The molecule has 0 aliphatic heterocycles. The van der Waals surface area contributed by atoms with Gasteiger partial charge in [-0.3, -0.25) is 4.79 Å². The number of hydrogen-bond acceptors (Lipinski definition) is 2. The van der Waals surface area contributed by atoms with E-state index in [2.05, 4.69) is 6.58 Å². The van der Waals surface area contributed by atoms with E-state index in [1.54, 1.807) is 0 Å². The number of esters is 1. The first-order chi connectivity index (χ1) is 7.77. The fourth-order valence-electron chi connectivity index (χ4n) is 1.88. The minimum Gasteiger partial charge on any atom is -0.469 e. The number of allylic oxidation sites excluding steroid dienone is 2. The summed E-state index contributed by atoms with van der Waals surface area (Å²) in [5.41, 5.74) is 3.31. The molecule has 0 N–H and O–H groups in total. The van der Waals surface area contributed by atoms with Crippen molar-refractivity contribution in [3.63, 3.8) is 0 Å². The molecule has 0 bridgehead atoms. The molecule has 2 nitrogen and oxygen atoms in total. The van der Waals surface area contributed by atoms with E-state index in [4.69, 9.17) is 4.74 Å². The van der Waals surface area contributed by atoms with Crippen molar-refractivity contribution in [3.8, 4) is 0 Å². The first-order valence-corrected chi connectivity index (χ1v) is 5.26. The van der Waals surface area contributed by atoms with Crippen LogP contribution in [0.1, 0.15) is 12.0 Å². The Morgan fingerprint density at radius 2 is 2.12 bits per heavy atom. The third kappa shape index (κ3) is 1.91. The molecule has 1 saturated carbocycles. The van der Waals surface area contributed by atoms with E-state index < -0.39 is 0 Å². The highest BCUT2D eigenvalue weighted by atomic mass is 16.5. The first kappa shape index (κ1) is 10.7. The highest BCUT2D eigenvalue weighted by Gasteiger charge is 2.39. The fourth-order valence-corrected chi connectivity index (χ4v) is 1.88. The van der Waals surface area contributed by atoms with Gasteiger partial charge in [0.1, 0.15) is 0 Å². The smallest absolute Gasteiger partial charge is 0.313 e. The molecule has 0 aromatic heterocycles. The van der Waals surface area contributed by atoms with Crippen LogP contribution in [0.2, 0.25) is 0 Å². The van der Waals surface area contributed by atoms with Crippen molar-refractivity contribution in [1.82, 2.24) is 0 Å². The summed E-state index contributed by atoms with van der Waals surface area (Å²) in [6, 6.07) is 9.98. The average molecular weight is 214 g/mol. The van der Waals surface area contributed by atoms with Crippen molar-refractivity contribution in [3.05, 3.63) is 54.1 Å². The van der Waals surface area contributed by atoms with Gasteiger partial charge in [0, 0.05) is 0 Å². The van der Waals surface area contributed by atoms with Crippen LogP contribution in [-0.4, -0.2) is 13.1 Å². The maximum Gasteiger partial charge on any atom is 0.313 e. The van der Waals surface area contributed by atoms with Crippen molar-refractivity contribution < 1.29 is 9.53 Å². The second-order valence-corrected chi connectivity index (χ2v) is 3.79. The Bertz CT molecular complexity index is 443. The fraction of sp³-hybridized carbons (Fsp3) is 0.214. The normalized spacial score (nSPS) is 21.2. The molecule has 2 heteroatoms. The van der Waals surface area contributed by atoms with E-state index in [1.807, 2.05) is 36.4 Å². The molecule has 2 rings (SSSR count). The van der Waals surface area contributed by atoms with Crippen LogP contribution < -0.4 is 0 Å². The van der Waals surface area contributed by atoms with E-state index in [0.717, 1.165) is 23.1 Å². The van der Waals surface area contributed by atoms with Crippen molar-refractivity contribution >= 4 is 11.5 Å².